The molecule has 4 rings (SSSR count). The molecule has 3 amide bonds. The van der Waals surface area contributed by atoms with Crippen molar-refractivity contribution in [2.75, 3.05) is 6.54 Å². The van der Waals surface area contributed by atoms with E-state index in [1.54, 1.807) is 20.8 Å². The summed E-state index contributed by atoms with van der Waals surface area (Å²) in [4.78, 5) is 67.0. The van der Waals surface area contributed by atoms with Crippen molar-refractivity contribution < 1.29 is 29.0 Å². The molecule has 3 aliphatic rings. The fraction of sp³-hybridized carbons (Fsp3) is 0.630. The molecule has 5 atom stereocenters. The molecule has 3 heterocycles. The van der Waals surface area contributed by atoms with E-state index in [9.17, 15) is 29.1 Å². The second kappa shape index (κ2) is 12.2. The molecule has 2 aliphatic heterocycles. The predicted octanol–water partition coefficient (Wildman–Crippen LogP) is 3.28. The number of nitrogens with one attached hydrogen (secondary N) is 2. The fourth-order valence-electron chi connectivity index (χ4n) is 5.39. The third kappa shape index (κ3) is 7.02. The van der Waals surface area contributed by atoms with Gasteiger partial charge in [0.2, 0.25) is 11.8 Å². The Morgan fingerprint density at radius 2 is 1.93 bits per heavy atom. The molecule has 0 bridgehead atoms. The van der Waals surface area contributed by atoms with E-state index in [1.165, 1.54) is 15.8 Å². The van der Waals surface area contributed by atoms with Gasteiger partial charge >= 0.3 is 12.1 Å². The molecule has 1 unspecified atom stereocenters. The Balaban J connectivity index is 1.69. The highest BCUT2D eigenvalue weighted by Crippen LogP contribution is 2.45. The van der Waals surface area contributed by atoms with Gasteiger partial charge in [0, 0.05) is 18.9 Å². The summed E-state index contributed by atoms with van der Waals surface area (Å²) in [5.41, 5.74) is -2.68. The lowest BCUT2D eigenvalue weighted by Crippen LogP contribution is -2.56. The van der Waals surface area contributed by atoms with Crippen molar-refractivity contribution in [2.45, 2.75) is 95.0 Å². The number of ether oxygens (including phenoxy) is 1. The van der Waals surface area contributed by atoms with E-state index in [4.69, 9.17) is 4.74 Å². The highest BCUT2D eigenvalue weighted by atomic mass is 79.9. The first-order valence-electron chi connectivity index (χ1n) is 13.7. The third-order valence-corrected chi connectivity index (χ3v) is 9.47. The van der Waals surface area contributed by atoms with Gasteiger partial charge in [0.25, 0.3) is 5.56 Å². The van der Waals surface area contributed by atoms with Crippen LogP contribution in [-0.4, -0.2) is 73.4 Å². The Labute approximate surface area is 254 Å². The van der Waals surface area contributed by atoms with Crippen LogP contribution in [0.5, 0.6) is 0 Å². The number of carbonyl (C=O) groups is 4. The molecule has 1 aromatic heterocycles. The topological polar surface area (TPSA) is 160 Å². The number of aromatic nitrogens is 2. The minimum atomic E-state index is -1.45. The summed E-state index contributed by atoms with van der Waals surface area (Å²) in [7, 11) is 0. The third-order valence-electron chi connectivity index (χ3n) is 7.58. The van der Waals surface area contributed by atoms with E-state index in [1.807, 2.05) is 12.2 Å². The molecule has 12 nitrogen and oxygen atoms in total. The summed E-state index contributed by atoms with van der Waals surface area (Å²) in [6.45, 7) is 5.12. The number of allylic oxidation sites excluding steroid dienone is 1. The molecule has 2 fully saturated rings. The number of hydrogen-bond acceptors (Lipinski definition) is 7. The summed E-state index contributed by atoms with van der Waals surface area (Å²) < 4.78 is 7.31. The number of amides is 3. The summed E-state index contributed by atoms with van der Waals surface area (Å²) in [5, 5.41) is 19.6. The van der Waals surface area contributed by atoms with Gasteiger partial charge in [-0.2, -0.15) is 5.10 Å². The lowest BCUT2D eigenvalue weighted by Gasteiger charge is -2.30. The number of aliphatic carboxylic acids is 1. The Morgan fingerprint density at radius 3 is 2.61 bits per heavy atom. The van der Waals surface area contributed by atoms with E-state index in [0.717, 1.165) is 19.3 Å². The monoisotopic (exact) mass is 699 g/mol. The number of fused-ring (bicyclic) bond motifs is 2. The molecular weight excluding hydrogens is 666 g/mol. The van der Waals surface area contributed by atoms with E-state index >= 15 is 0 Å². The zero-order valence-electron chi connectivity index (χ0n) is 23.2. The molecule has 1 aliphatic carbocycles. The van der Waals surface area contributed by atoms with Crippen LogP contribution in [0.3, 0.4) is 0 Å². The molecule has 1 saturated carbocycles. The number of halogens is 2. The number of rotatable bonds is 3. The Morgan fingerprint density at radius 1 is 1.20 bits per heavy atom. The smallest absolute Gasteiger partial charge is 0.408 e. The van der Waals surface area contributed by atoms with Crippen molar-refractivity contribution in [3.05, 3.63) is 37.6 Å². The van der Waals surface area contributed by atoms with Gasteiger partial charge in [-0.1, -0.05) is 25.0 Å². The summed E-state index contributed by atoms with van der Waals surface area (Å²) in [5.74, 6) is -2.64. The average Bonchev–Trinajstić information content (AvgIpc) is 3.40. The van der Waals surface area contributed by atoms with Crippen LogP contribution >= 0.6 is 31.9 Å². The van der Waals surface area contributed by atoms with Crippen molar-refractivity contribution in [3.63, 3.8) is 0 Å². The van der Waals surface area contributed by atoms with Crippen LogP contribution in [0.4, 0.5) is 4.79 Å². The van der Waals surface area contributed by atoms with Gasteiger partial charge in [-0.3, -0.25) is 14.4 Å². The van der Waals surface area contributed by atoms with Gasteiger partial charge in [-0.15, -0.1) is 0 Å². The van der Waals surface area contributed by atoms with Crippen molar-refractivity contribution in [1.29, 1.82) is 0 Å². The maximum atomic E-state index is 14.0. The highest BCUT2D eigenvalue weighted by molar-refractivity contribution is 9.13. The van der Waals surface area contributed by atoms with Gasteiger partial charge in [-0.05, 0) is 78.3 Å². The number of nitrogens with zero attached hydrogens (tertiary/aromatic N) is 3. The number of alkyl carbamates (subject to hydrolysis) is 1. The molecule has 14 heteroatoms. The lowest BCUT2D eigenvalue weighted by atomic mass is 10.0. The normalized spacial score (nSPS) is 29.0. The van der Waals surface area contributed by atoms with Crippen LogP contribution in [0.2, 0.25) is 0 Å². The second-order valence-corrected chi connectivity index (χ2v) is 13.4. The number of hydrogen-bond donors (Lipinski definition) is 3. The van der Waals surface area contributed by atoms with E-state index in [-0.39, 0.29) is 29.8 Å². The van der Waals surface area contributed by atoms with Gasteiger partial charge in [0.05, 0.1) is 16.7 Å². The van der Waals surface area contributed by atoms with Crippen molar-refractivity contribution in [3.8, 4) is 0 Å². The zero-order valence-corrected chi connectivity index (χ0v) is 26.4. The molecule has 224 valence electrons. The number of carbonyl (C=O) groups excluding carboxylic acids is 3. The maximum absolute atomic E-state index is 14.0. The number of carboxylic acid groups (broad SMARTS) is 1. The van der Waals surface area contributed by atoms with E-state index in [2.05, 4.69) is 47.6 Å². The average molecular weight is 701 g/mol. The fourth-order valence-corrected chi connectivity index (χ4v) is 5.93. The first kappa shape index (κ1) is 31.2. The minimum Gasteiger partial charge on any atom is -0.479 e. The largest absolute Gasteiger partial charge is 0.479 e. The summed E-state index contributed by atoms with van der Waals surface area (Å²) >= 11 is 6.50. The van der Waals surface area contributed by atoms with E-state index < -0.39 is 58.7 Å². The van der Waals surface area contributed by atoms with Gasteiger partial charge in [-0.25, -0.2) is 14.3 Å². The molecule has 41 heavy (non-hydrogen) atoms. The Bertz CT molecular complexity index is 1310. The van der Waals surface area contributed by atoms with Crippen LogP contribution in [0.15, 0.2) is 32.1 Å². The number of carboxylic acids is 1. The molecule has 0 aromatic carbocycles. The zero-order chi connectivity index (χ0) is 30.1. The second-order valence-electron chi connectivity index (χ2n) is 11.8. The quantitative estimate of drug-likeness (QED) is 0.405. The molecule has 0 radical (unpaired) electrons. The predicted molar refractivity (Wildman–Crippen MR) is 155 cm³/mol. The molecular formula is C27H35Br2N5O7. The molecule has 1 saturated heterocycles. The van der Waals surface area contributed by atoms with E-state index in [0.29, 0.717) is 17.3 Å². The van der Waals surface area contributed by atoms with Crippen LogP contribution in [0.25, 0.3) is 0 Å². The van der Waals surface area contributed by atoms with Crippen molar-refractivity contribution in [2.24, 2.45) is 5.92 Å². The lowest BCUT2D eigenvalue weighted by molar-refractivity contribution is -0.145. The van der Waals surface area contributed by atoms with Crippen LogP contribution in [0, 0.1) is 5.92 Å². The van der Waals surface area contributed by atoms with Crippen LogP contribution in [-0.2, 0) is 19.1 Å². The van der Waals surface area contributed by atoms with Crippen molar-refractivity contribution in [1.82, 2.24) is 25.3 Å². The Kier molecular flexibility index (Phi) is 9.32. The van der Waals surface area contributed by atoms with Crippen LogP contribution < -0.4 is 16.2 Å². The summed E-state index contributed by atoms with van der Waals surface area (Å²) in [6, 6.07) is -2.73. The highest BCUT2D eigenvalue weighted by Gasteiger charge is 2.61. The molecule has 1 aromatic rings. The molecule has 0 spiro atoms. The minimum absolute atomic E-state index is 0.0339. The summed E-state index contributed by atoms with van der Waals surface area (Å²) in [6.07, 6.45) is 8.04. The van der Waals surface area contributed by atoms with Gasteiger partial charge < -0.3 is 25.4 Å². The van der Waals surface area contributed by atoms with Gasteiger partial charge in [0.15, 0.2) is 0 Å². The van der Waals surface area contributed by atoms with Crippen LogP contribution in [0.1, 0.15) is 71.8 Å². The Hall–Kier alpha value is -2.74. The van der Waals surface area contributed by atoms with Gasteiger partial charge in [0.1, 0.15) is 27.7 Å². The standard InChI is InChI=1S/C27H35Br2N5O7/c1-26(2,3)41-25(40)31-18-10-8-6-4-5-7-9-15-12-27(15,24(38)39)32-21(35)19-11-16(14-33(19)22(18)36)34-23(37)20(29)17(28)13-30-34/h7,9,13,15-16,18-19H,4-6,8,10-12,14H2,1-3H3,(H,31,40)(H,32,35)(H,38,39)/t15-,16+,18-,19?,27+/m1/s1. The van der Waals surface area contributed by atoms with Crippen molar-refractivity contribution >= 4 is 55.7 Å². The molecule has 3 N–H and O–H groups in total. The SMILES string of the molecule is CC(C)(C)OC(=O)N[C@@H]1CCCCCC=C[C@@H]2C[C@]2(C(=O)O)NC(=O)C2C[C@H](n3ncc(Br)c(Br)c3=O)CN2C1=O. The first-order valence-corrected chi connectivity index (χ1v) is 15.3. The first-order chi connectivity index (χ1) is 19.2. The maximum Gasteiger partial charge on any atom is 0.408 e.